The number of hydrogen-bond donors (Lipinski definition) is 2. The second-order valence-corrected chi connectivity index (χ2v) is 9.02. The summed E-state index contributed by atoms with van der Waals surface area (Å²) in [5.74, 6) is -1.51. The van der Waals surface area contributed by atoms with Crippen LogP contribution in [-0.4, -0.2) is 40.5 Å². The minimum absolute atomic E-state index is 0.0213. The first kappa shape index (κ1) is 27.0. The Bertz CT molecular complexity index is 1250. The summed E-state index contributed by atoms with van der Waals surface area (Å²) in [5, 5.41) is 11.3. The van der Waals surface area contributed by atoms with Gasteiger partial charge >= 0.3 is 6.18 Å². The molecule has 0 aliphatic carbocycles. The molecule has 3 N–H and O–H groups in total. The van der Waals surface area contributed by atoms with Gasteiger partial charge in [-0.15, -0.1) is 0 Å². The highest BCUT2D eigenvalue weighted by atomic mass is 19.4. The summed E-state index contributed by atoms with van der Waals surface area (Å²) in [5.41, 5.74) is 5.40. The fourth-order valence-electron chi connectivity index (χ4n) is 4.69. The van der Waals surface area contributed by atoms with Crippen LogP contribution in [0.3, 0.4) is 0 Å². The van der Waals surface area contributed by atoms with Crippen LogP contribution in [0.5, 0.6) is 0 Å². The summed E-state index contributed by atoms with van der Waals surface area (Å²) in [7, 11) is 1.44. The van der Waals surface area contributed by atoms with Crippen LogP contribution in [0, 0.1) is 17.1 Å². The van der Waals surface area contributed by atoms with E-state index in [-0.39, 0.29) is 29.2 Å². The number of nitrogens with one attached hydrogen (secondary N) is 1. The second-order valence-electron chi connectivity index (χ2n) is 9.02. The third-order valence-electron chi connectivity index (χ3n) is 6.57. The highest BCUT2D eigenvalue weighted by molar-refractivity contribution is 5.96. The van der Waals surface area contributed by atoms with Crippen molar-refractivity contribution >= 4 is 23.1 Å². The Morgan fingerprint density at radius 2 is 1.92 bits per heavy atom. The number of aromatic nitrogens is 1. The van der Waals surface area contributed by atoms with Crippen LogP contribution in [0.2, 0.25) is 0 Å². The molecule has 1 amide bonds. The predicted octanol–water partition coefficient (Wildman–Crippen LogP) is 3.64. The highest BCUT2D eigenvalue weighted by Gasteiger charge is 2.39. The molecule has 36 heavy (non-hydrogen) atoms. The Morgan fingerprint density at radius 1 is 1.25 bits per heavy atom. The first-order chi connectivity index (χ1) is 16.8. The van der Waals surface area contributed by atoms with E-state index in [1.54, 1.807) is 13.0 Å². The Morgan fingerprint density at radius 3 is 2.53 bits per heavy atom. The predicted molar refractivity (Wildman–Crippen MR) is 128 cm³/mol. The molecule has 0 bridgehead atoms. The lowest BCUT2D eigenvalue weighted by Gasteiger charge is -2.48. The number of piperazine rings is 1. The molecule has 1 unspecified atom stereocenters. The molecule has 1 aromatic carbocycles. The van der Waals surface area contributed by atoms with E-state index in [4.69, 9.17) is 11.0 Å². The van der Waals surface area contributed by atoms with Gasteiger partial charge in [-0.05, 0) is 38.5 Å². The van der Waals surface area contributed by atoms with E-state index in [2.05, 4.69) is 5.32 Å². The third kappa shape index (κ3) is 5.31. The van der Waals surface area contributed by atoms with E-state index in [0.717, 1.165) is 6.07 Å². The van der Waals surface area contributed by atoms with Gasteiger partial charge in [0.2, 0.25) is 5.91 Å². The number of alkyl halides is 3. The minimum atomic E-state index is -4.70. The number of rotatable bonds is 5. The van der Waals surface area contributed by atoms with Crippen LogP contribution in [0.15, 0.2) is 29.1 Å². The number of carbonyl (C=O) groups is 1. The SMILES string of the molecule is CC(c1ccc(F)cc1C(F)(F)F)N1C[C@H](C)N(c2cc(=O)n(C)c(NC(=O)CC#N)c2N)C[C@H]1C. The van der Waals surface area contributed by atoms with Crippen LogP contribution in [0.1, 0.15) is 44.4 Å². The average molecular weight is 509 g/mol. The number of carbonyl (C=O) groups excluding carboxylic acids is 1. The van der Waals surface area contributed by atoms with Gasteiger partial charge in [0.05, 0.1) is 23.0 Å². The van der Waals surface area contributed by atoms with E-state index >= 15 is 0 Å². The molecule has 194 valence electrons. The van der Waals surface area contributed by atoms with Crippen molar-refractivity contribution in [1.82, 2.24) is 9.47 Å². The molecule has 8 nitrogen and oxygen atoms in total. The summed E-state index contributed by atoms with van der Waals surface area (Å²) in [4.78, 5) is 28.4. The first-order valence-corrected chi connectivity index (χ1v) is 11.3. The van der Waals surface area contributed by atoms with Gasteiger partial charge in [0.25, 0.3) is 5.56 Å². The maximum atomic E-state index is 13.6. The quantitative estimate of drug-likeness (QED) is 0.598. The maximum absolute atomic E-state index is 13.6. The van der Waals surface area contributed by atoms with Gasteiger partial charge in [0, 0.05) is 44.3 Å². The zero-order chi connectivity index (χ0) is 26.9. The molecule has 1 aromatic heterocycles. The van der Waals surface area contributed by atoms with Crippen LogP contribution in [-0.2, 0) is 18.0 Å². The molecule has 1 aliphatic heterocycles. The third-order valence-corrected chi connectivity index (χ3v) is 6.57. The van der Waals surface area contributed by atoms with Gasteiger partial charge in [-0.2, -0.15) is 18.4 Å². The van der Waals surface area contributed by atoms with E-state index < -0.39 is 41.5 Å². The van der Waals surface area contributed by atoms with Crippen molar-refractivity contribution in [2.24, 2.45) is 7.05 Å². The molecule has 2 heterocycles. The number of pyridine rings is 1. The van der Waals surface area contributed by atoms with Crippen LogP contribution >= 0.6 is 0 Å². The van der Waals surface area contributed by atoms with Gasteiger partial charge in [0.15, 0.2) is 0 Å². The standard InChI is InChI=1S/C24H28F4N6O2/c1-13-12-34(19-10-21(36)32(4)23(22(19)30)31-20(35)7-8-29)14(2)11-33(13)15(3)17-6-5-16(25)9-18(17)24(26,27)28/h5-6,9-10,13-15H,7,11-12,30H2,1-4H3,(H,31,35)/t13-,14+,15?/m1/s1. The normalized spacial score (nSPS) is 19.6. The van der Waals surface area contributed by atoms with Crippen molar-refractivity contribution in [2.75, 3.05) is 29.0 Å². The van der Waals surface area contributed by atoms with Crippen molar-refractivity contribution in [3.63, 3.8) is 0 Å². The zero-order valence-corrected chi connectivity index (χ0v) is 20.4. The summed E-state index contributed by atoms with van der Waals surface area (Å²) >= 11 is 0. The molecule has 1 saturated heterocycles. The number of nitrogens with two attached hydrogens (primary N) is 1. The topological polar surface area (TPSA) is 107 Å². The van der Waals surface area contributed by atoms with E-state index in [1.807, 2.05) is 23.6 Å². The number of amides is 1. The summed E-state index contributed by atoms with van der Waals surface area (Å²) < 4.78 is 55.6. The number of nitrogen functional groups attached to an aromatic ring is 1. The Kier molecular flexibility index (Phi) is 7.64. The van der Waals surface area contributed by atoms with Gasteiger partial charge in [0.1, 0.15) is 18.1 Å². The lowest BCUT2D eigenvalue weighted by Crippen LogP contribution is -2.57. The van der Waals surface area contributed by atoms with Gasteiger partial charge < -0.3 is 16.0 Å². The van der Waals surface area contributed by atoms with Gasteiger partial charge in [-0.3, -0.25) is 19.1 Å². The van der Waals surface area contributed by atoms with Crippen molar-refractivity contribution < 1.29 is 22.4 Å². The molecular formula is C24H28F4N6O2. The van der Waals surface area contributed by atoms with Crippen LogP contribution in [0.25, 0.3) is 0 Å². The molecule has 12 heteroatoms. The summed E-state index contributed by atoms with van der Waals surface area (Å²) in [6, 6.07) is 4.59. The molecular weight excluding hydrogens is 480 g/mol. The molecule has 0 spiro atoms. The first-order valence-electron chi connectivity index (χ1n) is 11.3. The summed E-state index contributed by atoms with van der Waals surface area (Å²) in [6.07, 6.45) is -5.11. The largest absolute Gasteiger partial charge is 0.416 e. The van der Waals surface area contributed by atoms with Crippen LogP contribution < -0.4 is 21.5 Å². The Hall–Kier alpha value is -3.59. The second kappa shape index (κ2) is 10.2. The number of nitriles is 1. The van der Waals surface area contributed by atoms with Crippen LogP contribution in [0.4, 0.5) is 34.8 Å². The lowest BCUT2D eigenvalue weighted by molar-refractivity contribution is -0.139. The zero-order valence-electron chi connectivity index (χ0n) is 20.4. The van der Waals surface area contributed by atoms with E-state index in [0.29, 0.717) is 24.8 Å². The maximum Gasteiger partial charge on any atom is 0.416 e. The number of benzene rings is 1. The molecule has 1 aliphatic rings. The molecule has 2 aromatic rings. The highest BCUT2D eigenvalue weighted by Crippen LogP contribution is 2.39. The fraction of sp³-hybridized carbons (Fsp3) is 0.458. The lowest BCUT2D eigenvalue weighted by atomic mass is 9.96. The molecule has 0 saturated carbocycles. The number of hydrogen-bond acceptors (Lipinski definition) is 6. The molecule has 3 atom stereocenters. The molecule has 1 fully saturated rings. The minimum Gasteiger partial charge on any atom is -0.394 e. The van der Waals surface area contributed by atoms with Crippen molar-refractivity contribution in [2.45, 2.75) is 51.5 Å². The Labute approximate surface area is 205 Å². The monoisotopic (exact) mass is 508 g/mol. The van der Waals surface area contributed by atoms with E-state index in [9.17, 15) is 27.2 Å². The summed E-state index contributed by atoms with van der Waals surface area (Å²) in [6.45, 7) is 6.01. The number of anilines is 3. The van der Waals surface area contributed by atoms with Gasteiger partial charge in [-0.1, -0.05) is 6.07 Å². The van der Waals surface area contributed by atoms with Crippen molar-refractivity contribution in [1.29, 1.82) is 5.26 Å². The van der Waals surface area contributed by atoms with Gasteiger partial charge in [-0.25, -0.2) is 4.39 Å². The number of nitrogens with zero attached hydrogens (tertiary/aromatic N) is 4. The average Bonchev–Trinajstić information content (AvgIpc) is 2.79. The molecule has 3 rings (SSSR count). The number of halogens is 4. The van der Waals surface area contributed by atoms with E-state index in [1.165, 1.54) is 23.7 Å². The molecule has 0 radical (unpaired) electrons. The fourth-order valence-corrected chi connectivity index (χ4v) is 4.69. The smallest absolute Gasteiger partial charge is 0.394 e. The van der Waals surface area contributed by atoms with Crippen molar-refractivity contribution in [3.05, 3.63) is 51.6 Å². The Balaban J connectivity index is 1.93. The van der Waals surface area contributed by atoms with Crippen molar-refractivity contribution in [3.8, 4) is 6.07 Å².